The van der Waals surface area contributed by atoms with Gasteiger partial charge in [0.25, 0.3) is 0 Å². The van der Waals surface area contributed by atoms with Crippen LogP contribution in [0, 0.1) is 23.7 Å². The van der Waals surface area contributed by atoms with E-state index in [9.17, 15) is 0 Å². The number of hydrogen-bond acceptors (Lipinski definition) is 0. The van der Waals surface area contributed by atoms with Crippen LogP contribution in [0.4, 0.5) is 0 Å². The van der Waals surface area contributed by atoms with Gasteiger partial charge >= 0.3 is 0 Å². The predicted octanol–water partition coefficient (Wildman–Crippen LogP) is 7.31. The molecule has 0 heterocycles. The fourth-order valence-electron chi connectivity index (χ4n) is 4.82. The first-order chi connectivity index (χ1) is 10.7. The Morgan fingerprint density at radius 1 is 0.909 bits per heavy atom. The molecule has 0 heteroatoms. The zero-order valence-corrected chi connectivity index (χ0v) is 15.2. The molecule has 0 saturated heterocycles. The minimum atomic E-state index is 0.883. The first-order valence-corrected chi connectivity index (χ1v) is 10.0. The molecule has 0 bridgehead atoms. The SMILES string of the molecule is C=CCCC1CCC(C=C(C)C2CCC(CCC)CC2)CC1. The molecule has 0 N–H and O–H groups in total. The average Bonchev–Trinajstić information content (AvgIpc) is 2.55. The van der Waals surface area contributed by atoms with Crippen LogP contribution in [0.3, 0.4) is 0 Å². The molecule has 0 aromatic heterocycles. The summed E-state index contributed by atoms with van der Waals surface area (Å²) in [6.07, 6.45) is 21.8. The standard InChI is InChI=1S/C22H38/c1-4-6-8-20-9-11-21(12-10-20)17-18(3)22-15-13-19(7-5-2)14-16-22/h4,17,19-22H,1,5-16H2,2-3H3. The lowest BCUT2D eigenvalue weighted by atomic mass is 9.75. The molecule has 0 radical (unpaired) electrons. The van der Waals surface area contributed by atoms with Gasteiger partial charge in [0, 0.05) is 0 Å². The van der Waals surface area contributed by atoms with E-state index in [1.165, 1.54) is 77.0 Å². The second kappa shape index (κ2) is 9.58. The Balaban J connectivity index is 1.73. The average molecular weight is 303 g/mol. The summed E-state index contributed by atoms with van der Waals surface area (Å²) in [5.41, 5.74) is 1.73. The topological polar surface area (TPSA) is 0 Å². The van der Waals surface area contributed by atoms with Crippen LogP contribution in [0.15, 0.2) is 24.3 Å². The summed E-state index contributed by atoms with van der Waals surface area (Å²) >= 11 is 0. The monoisotopic (exact) mass is 302 g/mol. The van der Waals surface area contributed by atoms with E-state index in [0.29, 0.717) is 0 Å². The van der Waals surface area contributed by atoms with Crippen LogP contribution in [0.5, 0.6) is 0 Å². The highest BCUT2D eigenvalue weighted by molar-refractivity contribution is 5.07. The van der Waals surface area contributed by atoms with Gasteiger partial charge in [-0.2, -0.15) is 0 Å². The highest BCUT2D eigenvalue weighted by atomic mass is 14.3. The molecule has 2 aliphatic rings. The minimum Gasteiger partial charge on any atom is -0.103 e. The summed E-state index contributed by atoms with van der Waals surface area (Å²) in [6.45, 7) is 8.62. The Kier molecular flexibility index (Phi) is 7.76. The van der Waals surface area contributed by atoms with Gasteiger partial charge in [-0.25, -0.2) is 0 Å². The Bertz CT molecular complexity index is 335. The van der Waals surface area contributed by atoms with Crippen molar-refractivity contribution in [2.45, 2.75) is 90.9 Å². The van der Waals surface area contributed by atoms with Crippen molar-refractivity contribution in [2.75, 3.05) is 0 Å². The normalized spacial score (nSPS) is 33.6. The molecule has 2 aliphatic carbocycles. The van der Waals surface area contributed by atoms with Crippen LogP contribution in [-0.4, -0.2) is 0 Å². The summed E-state index contributed by atoms with van der Waals surface area (Å²) in [4.78, 5) is 0. The second-order valence-corrected chi connectivity index (χ2v) is 8.06. The van der Waals surface area contributed by atoms with Crippen molar-refractivity contribution in [3.8, 4) is 0 Å². The zero-order chi connectivity index (χ0) is 15.8. The van der Waals surface area contributed by atoms with Gasteiger partial charge in [0.1, 0.15) is 0 Å². The van der Waals surface area contributed by atoms with E-state index in [-0.39, 0.29) is 0 Å². The van der Waals surface area contributed by atoms with E-state index in [1.807, 2.05) is 0 Å². The Hall–Kier alpha value is -0.520. The third-order valence-electron chi connectivity index (χ3n) is 6.36. The van der Waals surface area contributed by atoms with Gasteiger partial charge in [0.15, 0.2) is 0 Å². The van der Waals surface area contributed by atoms with Crippen LogP contribution in [0.1, 0.15) is 90.9 Å². The van der Waals surface area contributed by atoms with E-state index in [2.05, 4.69) is 32.6 Å². The molecule has 2 saturated carbocycles. The fourth-order valence-corrected chi connectivity index (χ4v) is 4.82. The summed E-state index contributed by atoms with van der Waals surface area (Å²) < 4.78 is 0. The van der Waals surface area contributed by atoms with E-state index in [1.54, 1.807) is 5.57 Å². The molecule has 2 fully saturated rings. The molecular weight excluding hydrogens is 264 g/mol. The Morgan fingerprint density at radius 3 is 2.09 bits per heavy atom. The van der Waals surface area contributed by atoms with Crippen LogP contribution < -0.4 is 0 Å². The molecule has 0 aromatic carbocycles. The van der Waals surface area contributed by atoms with Crippen LogP contribution in [0.2, 0.25) is 0 Å². The van der Waals surface area contributed by atoms with Gasteiger partial charge in [-0.15, -0.1) is 6.58 Å². The maximum absolute atomic E-state index is 3.86. The number of rotatable bonds is 7. The van der Waals surface area contributed by atoms with Crippen molar-refractivity contribution in [1.82, 2.24) is 0 Å². The molecule has 0 unspecified atom stereocenters. The Labute approximate surface area is 139 Å². The van der Waals surface area contributed by atoms with Crippen molar-refractivity contribution in [3.63, 3.8) is 0 Å². The van der Waals surface area contributed by atoms with Crippen LogP contribution in [-0.2, 0) is 0 Å². The fraction of sp³-hybridized carbons (Fsp3) is 0.818. The van der Waals surface area contributed by atoms with E-state index in [0.717, 1.165) is 23.7 Å². The molecule has 0 spiro atoms. The number of hydrogen-bond donors (Lipinski definition) is 0. The summed E-state index contributed by atoms with van der Waals surface area (Å²) in [7, 11) is 0. The lowest BCUT2D eigenvalue weighted by Crippen LogP contribution is -2.17. The highest BCUT2D eigenvalue weighted by Crippen LogP contribution is 2.38. The van der Waals surface area contributed by atoms with Gasteiger partial charge in [0.05, 0.1) is 0 Å². The van der Waals surface area contributed by atoms with Gasteiger partial charge in [-0.3, -0.25) is 0 Å². The molecule has 126 valence electrons. The molecule has 0 amide bonds. The van der Waals surface area contributed by atoms with Crippen molar-refractivity contribution >= 4 is 0 Å². The van der Waals surface area contributed by atoms with Crippen LogP contribution >= 0.6 is 0 Å². The largest absolute Gasteiger partial charge is 0.103 e. The van der Waals surface area contributed by atoms with Crippen molar-refractivity contribution in [3.05, 3.63) is 24.3 Å². The van der Waals surface area contributed by atoms with E-state index < -0.39 is 0 Å². The summed E-state index contributed by atoms with van der Waals surface area (Å²) in [6, 6.07) is 0. The maximum atomic E-state index is 3.86. The van der Waals surface area contributed by atoms with Crippen LogP contribution in [0.25, 0.3) is 0 Å². The van der Waals surface area contributed by atoms with Crippen molar-refractivity contribution < 1.29 is 0 Å². The lowest BCUT2D eigenvalue weighted by molar-refractivity contribution is 0.278. The zero-order valence-electron chi connectivity index (χ0n) is 15.2. The van der Waals surface area contributed by atoms with Gasteiger partial charge < -0.3 is 0 Å². The summed E-state index contributed by atoms with van der Waals surface area (Å²) in [5, 5.41) is 0. The van der Waals surface area contributed by atoms with Gasteiger partial charge in [-0.1, -0.05) is 37.5 Å². The molecular formula is C22H38. The van der Waals surface area contributed by atoms with Crippen molar-refractivity contribution in [1.29, 1.82) is 0 Å². The summed E-state index contributed by atoms with van der Waals surface area (Å²) in [5.74, 6) is 3.81. The third-order valence-corrected chi connectivity index (χ3v) is 6.36. The lowest BCUT2D eigenvalue weighted by Gasteiger charge is -2.31. The molecule has 0 aromatic rings. The predicted molar refractivity (Wildman–Crippen MR) is 99.0 cm³/mol. The van der Waals surface area contributed by atoms with E-state index in [4.69, 9.17) is 0 Å². The van der Waals surface area contributed by atoms with E-state index >= 15 is 0 Å². The highest BCUT2D eigenvalue weighted by Gasteiger charge is 2.23. The Morgan fingerprint density at radius 2 is 1.50 bits per heavy atom. The molecule has 22 heavy (non-hydrogen) atoms. The molecule has 0 atom stereocenters. The third kappa shape index (κ3) is 5.60. The first-order valence-electron chi connectivity index (χ1n) is 10.0. The second-order valence-electron chi connectivity index (χ2n) is 8.06. The molecule has 0 nitrogen and oxygen atoms in total. The molecule has 2 rings (SSSR count). The first kappa shape index (κ1) is 17.8. The minimum absolute atomic E-state index is 0.883. The van der Waals surface area contributed by atoms with Gasteiger partial charge in [0.2, 0.25) is 0 Å². The van der Waals surface area contributed by atoms with Crippen molar-refractivity contribution in [2.24, 2.45) is 23.7 Å². The maximum Gasteiger partial charge on any atom is -0.0206 e. The van der Waals surface area contributed by atoms with Gasteiger partial charge in [-0.05, 0) is 94.8 Å². The quantitative estimate of drug-likeness (QED) is 0.432. The number of allylic oxidation sites excluding steroid dienone is 3. The molecule has 0 aliphatic heterocycles. The smallest absolute Gasteiger partial charge is 0.0206 e.